The van der Waals surface area contributed by atoms with Crippen LogP contribution in [0.25, 0.3) is 22.3 Å². The molecule has 162 valence electrons. The Kier molecular flexibility index (Phi) is 6.48. The van der Waals surface area contributed by atoms with Crippen LogP contribution in [0.5, 0.6) is 0 Å². The zero-order valence-corrected chi connectivity index (χ0v) is 16.0. The maximum absolute atomic E-state index is 14.6. The molecular formula is C23H14F8. The lowest BCUT2D eigenvalue weighted by molar-refractivity contribution is 0.417. The van der Waals surface area contributed by atoms with E-state index in [2.05, 4.69) is 0 Å². The number of rotatable bonds is 5. The topological polar surface area (TPSA) is 0 Å². The highest BCUT2D eigenvalue weighted by Crippen LogP contribution is 2.35. The van der Waals surface area contributed by atoms with Gasteiger partial charge >= 0.3 is 0 Å². The van der Waals surface area contributed by atoms with Crippen molar-refractivity contribution in [2.75, 3.05) is 0 Å². The first-order valence-corrected chi connectivity index (χ1v) is 9.03. The van der Waals surface area contributed by atoms with Crippen LogP contribution < -0.4 is 0 Å². The summed E-state index contributed by atoms with van der Waals surface area (Å²) in [4.78, 5) is 0. The Morgan fingerprint density at radius 3 is 1.45 bits per heavy atom. The molecule has 0 spiro atoms. The molecule has 3 aromatic rings. The molecule has 0 amide bonds. The van der Waals surface area contributed by atoms with Gasteiger partial charge in [-0.3, -0.25) is 0 Å². The van der Waals surface area contributed by atoms with Gasteiger partial charge in [-0.15, -0.1) is 0 Å². The molecular weight excluding hydrogens is 428 g/mol. The van der Waals surface area contributed by atoms with Gasteiger partial charge in [0.05, 0.1) is 11.1 Å². The van der Waals surface area contributed by atoms with Crippen molar-refractivity contribution in [2.24, 2.45) is 0 Å². The smallest absolute Gasteiger partial charge is 0.207 e. The summed E-state index contributed by atoms with van der Waals surface area (Å²) in [6.45, 7) is 1.16. The molecule has 0 unspecified atom stereocenters. The quantitative estimate of drug-likeness (QED) is 0.353. The molecule has 0 saturated heterocycles. The zero-order chi connectivity index (χ0) is 22.9. The molecule has 0 aliphatic carbocycles. The Morgan fingerprint density at radius 1 is 0.645 bits per heavy atom. The number of benzene rings is 3. The summed E-state index contributed by atoms with van der Waals surface area (Å²) in [6.07, 6.45) is -1.54. The fourth-order valence-corrected chi connectivity index (χ4v) is 3.18. The second kappa shape index (κ2) is 8.91. The predicted molar refractivity (Wildman–Crippen MR) is 100 cm³/mol. The third-order valence-corrected chi connectivity index (χ3v) is 4.73. The van der Waals surface area contributed by atoms with E-state index in [-0.39, 0.29) is 24.0 Å². The standard InChI is InChI=1S/C23H14F8/c1-11-15(24)7-13(8-16(11)25)23-19(28)9-14(10-20(23)29)22-17(26)5-12(6-18(22)27)3-2-4-21(30)31/h4-10H,2-3H2,1H3. The highest BCUT2D eigenvalue weighted by Gasteiger charge is 2.20. The van der Waals surface area contributed by atoms with E-state index in [1.54, 1.807) is 0 Å². The van der Waals surface area contributed by atoms with E-state index in [1.165, 1.54) is 0 Å². The molecule has 0 N–H and O–H groups in total. The van der Waals surface area contributed by atoms with E-state index in [0.29, 0.717) is 18.2 Å². The fourth-order valence-electron chi connectivity index (χ4n) is 3.18. The summed E-state index contributed by atoms with van der Waals surface area (Å²) in [5.41, 5.74) is -2.59. The Morgan fingerprint density at radius 2 is 1.03 bits per heavy atom. The average molecular weight is 442 g/mol. The van der Waals surface area contributed by atoms with E-state index >= 15 is 0 Å². The van der Waals surface area contributed by atoms with Crippen LogP contribution in [0.2, 0.25) is 0 Å². The normalized spacial score (nSPS) is 11.0. The molecule has 0 fully saturated rings. The van der Waals surface area contributed by atoms with E-state index in [0.717, 1.165) is 31.2 Å². The van der Waals surface area contributed by atoms with Crippen LogP contribution in [0, 0.1) is 41.8 Å². The Balaban J connectivity index is 2.03. The Bertz CT molecular complexity index is 1110. The van der Waals surface area contributed by atoms with Gasteiger partial charge in [-0.2, -0.15) is 8.78 Å². The number of hydrogen-bond acceptors (Lipinski definition) is 0. The molecule has 0 aromatic heterocycles. The number of hydrogen-bond donors (Lipinski definition) is 0. The second-order valence-electron chi connectivity index (χ2n) is 6.85. The third kappa shape index (κ3) is 4.78. The van der Waals surface area contributed by atoms with Crippen molar-refractivity contribution in [3.8, 4) is 22.3 Å². The van der Waals surface area contributed by atoms with Gasteiger partial charge in [-0.1, -0.05) is 0 Å². The number of halogens is 8. The molecule has 0 aliphatic heterocycles. The first-order chi connectivity index (χ1) is 14.6. The number of aryl methyl sites for hydroxylation is 1. The molecule has 31 heavy (non-hydrogen) atoms. The second-order valence-corrected chi connectivity index (χ2v) is 6.85. The first kappa shape index (κ1) is 22.5. The van der Waals surface area contributed by atoms with Gasteiger partial charge in [0.1, 0.15) is 34.9 Å². The van der Waals surface area contributed by atoms with Crippen molar-refractivity contribution in [1.29, 1.82) is 0 Å². The van der Waals surface area contributed by atoms with Crippen LogP contribution >= 0.6 is 0 Å². The Hall–Kier alpha value is -3.16. The summed E-state index contributed by atoms with van der Waals surface area (Å²) in [7, 11) is 0. The molecule has 8 heteroatoms. The van der Waals surface area contributed by atoms with E-state index in [9.17, 15) is 35.1 Å². The molecule has 0 saturated carbocycles. The van der Waals surface area contributed by atoms with Gasteiger partial charge in [0, 0.05) is 5.56 Å². The third-order valence-electron chi connectivity index (χ3n) is 4.73. The lowest BCUT2D eigenvalue weighted by atomic mass is 9.96. The SMILES string of the molecule is Cc1c(F)cc(-c2c(F)cc(-c3c(F)cc(CCC=C(F)F)cc3F)cc2F)cc1F. The largest absolute Gasteiger partial charge is 0.266 e. The first-order valence-electron chi connectivity index (χ1n) is 9.03. The summed E-state index contributed by atoms with van der Waals surface area (Å²) >= 11 is 0. The van der Waals surface area contributed by atoms with Gasteiger partial charge in [0.15, 0.2) is 0 Å². The summed E-state index contributed by atoms with van der Waals surface area (Å²) < 4.78 is 110. The van der Waals surface area contributed by atoms with Gasteiger partial charge in [-0.25, -0.2) is 26.3 Å². The predicted octanol–water partition coefficient (Wildman–Crippen LogP) is 7.88. The van der Waals surface area contributed by atoms with Crippen LogP contribution in [0.15, 0.2) is 48.6 Å². The summed E-state index contributed by atoms with van der Waals surface area (Å²) in [6, 6.07) is 4.58. The maximum atomic E-state index is 14.6. The number of allylic oxidation sites excluding steroid dienone is 1. The molecule has 3 rings (SSSR count). The van der Waals surface area contributed by atoms with Gasteiger partial charge < -0.3 is 0 Å². The molecule has 0 bridgehead atoms. The molecule has 3 aromatic carbocycles. The van der Waals surface area contributed by atoms with Crippen molar-refractivity contribution in [2.45, 2.75) is 19.8 Å². The van der Waals surface area contributed by atoms with Crippen molar-refractivity contribution in [3.05, 3.63) is 94.6 Å². The average Bonchev–Trinajstić information content (AvgIpc) is 2.64. The summed E-state index contributed by atoms with van der Waals surface area (Å²) in [5.74, 6) is -6.84. The maximum Gasteiger partial charge on any atom is 0.266 e. The van der Waals surface area contributed by atoms with E-state index in [1.807, 2.05) is 0 Å². The minimum atomic E-state index is -1.92. The highest BCUT2D eigenvalue weighted by atomic mass is 19.3. The van der Waals surface area contributed by atoms with E-state index in [4.69, 9.17) is 0 Å². The fraction of sp³-hybridized carbons (Fsp3) is 0.130. The van der Waals surface area contributed by atoms with Crippen molar-refractivity contribution in [3.63, 3.8) is 0 Å². The zero-order valence-electron chi connectivity index (χ0n) is 16.0. The van der Waals surface area contributed by atoms with Crippen LogP contribution in [0.1, 0.15) is 17.5 Å². The minimum absolute atomic E-state index is 0.0718. The van der Waals surface area contributed by atoms with Crippen LogP contribution in [0.3, 0.4) is 0 Å². The van der Waals surface area contributed by atoms with Gasteiger partial charge in [0.25, 0.3) is 6.08 Å². The molecule has 0 aliphatic rings. The summed E-state index contributed by atoms with van der Waals surface area (Å²) in [5, 5.41) is 0. The Labute approximate surface area is 172 Å². The molecule has 0 atom stereocenters. The minimum Gasteiger partial charge on any atom is -0.207 e. The van der Waals surface area contributed by atoms with Crippen LogP contribution in [-0.4, -0.2) is 0 Å². The van der Waals surface area contributed by atoms with Crippen molar-refractivity contribution < 1.29 is 35.1 Å². The lowest BCUT2D eigenvalue weighted by Gasteiger charge is -2.12. The molecule has 0 heterocycles. The van der Waals surface area contributed by atoms with Gasteiger partial charge in [-0.05, 0) is 78.9 Å². The molecule has 0 nitrogen and oxygen atoms in total. The van der Waals surface area contributed by atoms with Crippen LogP contribution in [0.4, 0.5) is 35.1 Å². The molecule has 0 radical (unpaired) electrons. The van der Waals surface area contributed by atoms with E-state index < -0.39 is 63.2 Å². The van der Waals surface area contributed by atoms with Crippen LogP contribution in [-0.2, 0) is 6.42 Å². The van der Waals surface area contributed by atoms with Crippen molar-refractivity contribution >= 4 is 0 Å². The highest BCUT2D eigenvalue weighted by molar-refractivity contribution is 5.73. The van der Waals surface area contributed by atoms with Gasteiger partial charge in [0.2, 0.25) is 0 Å². The monoisotopic (exact) mass is 442 g/mol. The lowest BCUT2D eigenvalue weighted by Crippen LogP contribution is -1.99. The van der Waals surface area contributed by atoms with Crippen molar-refractivity contribution in [1.82, 2.24) is 0 Å².